The predicted molar refractivity (Wildman–Crippen MR) is 61.9 cm³/mol. The van der Waals surface area contributed by atoms with E-state index in [-0.39, 0.29) is 17.7 Å². The molecule has 0 aromatic heterocycles. The fraction of sp³-hybridized carbons (Fsp3) is 0.889. The van der Waals surface area contributed by atoms with E-state index < -0.39 is 16.1 Å². The molecular weight excluding hydrogens is 230 g/mol. The molecule has 1 heterocycles. The van der Waals surface area contributed by atoms with Crippen LogP contribution in [0.1, 0.15) is 26.2 Å². The van der Waals surface area contributed by atoms with Crippen LogP contribution in [0, 0.1) is 5.41 Å². The summed E-state index contributed by atoms with van der Waals surface area (Å²) in [6, 6.07) is -0.605. The molecular formula is C9H19N3O3S. The molecule has 6 nitrogen and oxygen atoms in total. The second kappa shape index (κ2) is 5.60. The van der Waals surface area contributed by atoms with Crippen LogP contribution in [-0.2, 0) is 14.8 Å². The molecule has 0 amide bonds. The molecule has 7 heteroatoms. The van der Waals surface area contributed by atoms with E-state index in [2.05, 4.69) is 4.72 Å². The van der Waals surface area contributed by atoms with E-state index in [4.69, 9.17) is 15.9 Å². The van der Waals surface area contributed by atoms with Gasteiger partial charge in [0.1, 0.15) is 5.84 Å². The Morgan fingerprint density at radius 3 is 2.81 bits per heavy atom. The Bertz CT molecular complexity index is 336. The van der Waals surface area contributed by atoms with Gasteiger partial charge in [0.2, 0.25) is 10.0 Å². The Hall–Kier alpha value is -0.660. The van der Waals surface area contributed by atoms with Crippen LogP contribution in [0.3, 0.4) is 0 Å². The molecule has 0 aliphatic carbocycles. The summed E-state index contributed by atoms with van der Waals surface area (Å²) in [5.74, 6) is -0.199. The van der Waals surface area contributed by atoms with Gasteiger partial charge in [-0.15, -0.1) is 0 Å². The van der Waals surface area contributed by atoms with E-state index in [0.29, 0.717) is 13.0 Å². The first-order chi connectivity index (χ1) is 7.44. The summed E-state index contributed by atoms with van der Waals surface area (Å²) in [5.41, 5.74) is 5.29. The number of ether oxygens (including phenoxy) is 1. The summed E-state index contributed by atoms with van der Waals surface area (Å²) < 4.78 is 31.1. The molecule has 0 radical (unpaired) electrons. The van der Waals surface area contributed by atoms with Crippen LogP contribution in [0.5, 0.6) is 0 Å². The number of hydrogen-bond acceptors (Lipinski definition) is 4. The number of rotatable bonds is 6. The summed E-state index contributed by atoms with van der Waals surface area (Å²) in [7, 11) is -3.42. The SMILES string of the molecule is CCC(NS(=O)(=O)CC1CCCO1)C(=N)N. The highest BCUT2D eigenvalue weighted by Crippen LogP contribution is 2.13. The third-order valence-electron chi connectivity index (χ3n) is 2.53. The second-order valence-electron chi connectivity index (χ2n) is 3.95. The lowest BCUT2D eigenvalue weighted by molar-refractivity contribution is 0.127. The van der Waals surface area contributed by atoms with Gasteiger partial charge in [-0.25, -0.2) is 13.1 Å². The van der Waals surface area contributed by atoms with E-state index in [9.17, 15) is 8.42 Å². The van der Waals surface area contributed by atoms with Gasteiger partial charge < -0.3 is 10.5 Å². The second-order valence-corrected chi connectivity index (χ2v) is 5.75. The highest BCUT2D eigenvalue weighted by atomic mass is 32.2. The minimum Gasteiger partial charge on any atom is -0.386 e. The van der Waals surface area contributed by atoms with Crippen molar-refractivity contribution in [2.24, 2.45) is 5.73 Å². The molecule has 0 saturated carbocycles. The number of sulfonamides is 1. The molecule has 2 unspecified atom stereocenters. The zero-order valence-corrected chi connectivity index (χ0v) is 10.2. The smallest absolute Gasteiger partial charge is 0.214 e. The van der Waals surface area contributed by atoms with Crippen LogP contribution in [0.15, 0.2) is 0 Å². The lowest BCUT2D eigenvalue weighted by Crippen LogP contribution is -2.45. The van der Waals surface area contributed by atoms with E-state index in [1.165, 1.54) is 0 Å². The summed E-state index contributed by atoms with van der Waals surface area (Å²) >= 11 is 0. The van der Waals surface area contributed by atoms with E-state index in [1.54, 1.807) is 6.92 Å². The minimum absolute atomic E-state index is 0.0449. The van der Waals surface area contributed by atoms with E-state index in [1.807, 2.05) is 0 Å². The van der Waals surface area contributed by atoms with Gasteiger partial charge in [-0.3, -0.25) is 5.41 Å². The molecule has 4 N–H and O–H groups in total. The molecule has 94 valence electrons. The van der Waals surface area contributed by atoms with Gasteiger partial charge >= 0.3 is 0 Å². The predicted octanol–water partition coefficient (Wildman–Crippen LogP) is -0.201. The van der Waals surface area contributed by atoms with Crippen molar-refractivity contribution in [3.63, 3.8) is 0 Å². The van der Waals surface area contributed by atoms with Gasteiger partial charge in [-0.2, -0.15) is 0 Å². The van der Waals surface area contributed by atoms with Gasteiger partial charge in [-0.05, 0) is 19.3 Å². The number of nitrogens with one attached hydrogen (secondary N) is 2. The van der Waals surface area contributed by atoms with E-state index >= 15 is 0 Å². The summed E-state index contributed by atoms with van der Waals surface area (Å²) in [4.78, 5) is 0. The quantitative estimate of drug-likeness (QED) is 0.447. The summed E-state index contributed by atoms with van der Waals surface area (Å²) in [5, 5.41) is 7.24. The van der Waals surface area contributed by atoms with Crippen LogP contribution in [0.4, 0.5) is 0 Å². The maximum atomic E-state index is 11.7. The topological polar surface area (TPSA) is 105 Å². The van der Waals surface area contributed by atoms with Crippen molar-refractivity contribution in [1.29, 1.82) is 5.41 Å². The van der Waals surface area contributed by atoms with Gasteiger partial charge in [0, 0.05) is 6.61 Å². The Morgan fingerprint density at radius 1 is 1.69 bits per heavy atom. The monoisotopic (exact) mass is 249 g/mol. The lowest BCUT2D eigenvalue weighted by Gasteiger charge is -2.17. The first kappa shape index (κ1) is 13.4. The molecule has 0 aromatic carbocycles. The molecule has 1 aliphatic rings. The number of hydrogen-bond donors (Lipinski definition) is 3. The van der Waals surface area contributed by atoms with Crippen molar-refractivity contribution >= 4 is 15.9 Å². The average molecular weight is 249 g/mol. The molecule has 0 spiro atoms. The highest BCUT2D eigenvalue weighted by Gasteiger charge is 2.25. The molecule has 0 bridgehead atoms. The van der Waals surface area contributed by atoms with Crippen LogP contribution in [-0.4, -0.2) is 38.8 Å². The summed E-state index contributed by atoms with van der Waals surface area (Å²) in [6.45, 7) is 2.41. The Kier molecular flexibility index (Phi) is 4.69. The largest absolute Gasteiger partial charge is 0.386 e. The Morgan fingerprint density at radius 2 is 2.38 bits per heavy atom. The third kappa shape index (κ3) is 4.07. The van der Waals surface area contributed by atoms with Crippen molar-refractivity contribution in [3.05, 3.63) is 0 Å². The van der Waals surface area contributed by atoms with Crippen molar-refractivity contribution in [1.82, 2.24) is 4.72 Å². The van der Waals surface area contributed by atoms with Crippen molar-refractivity contribution in [2.45, 2.75) is 38.3 Å². The molecule has 1 rings (SSSR count). The van der Waals surface area contributed by atoms with Gasteiger partial charge in [0.15, 0.2) is 0 Å². The lowest BCUT2D eigenvalue weighted by atomic mass is 10.2. The van der Waals surface area contributed by atoms with E-state index in [0.717, 1.165) is 12.8 Å². The highest BCUT2D eigenvalue weighted by molar-refractivity contribution is 7.89. The molecule has 1 aliphatic heterocycles. The average Bonchev–Trinajstić information content (AvgIpc) is 2.65. The third-order valence-corrected chi connectivity index (χ3v) is 3.99. The van der Waals surface area contributed by atoms with Crippen LogP contribution >= 0.6 is 0 Å². The Balaban J connectivity index is 2.52. The molecule has 0 aromatic rings. The van der Waals surface area contributed by atoms with Gasteiger partial charge in [0.25, 0.3) is 0 Å². The summed E-state index contributed by atoms with van der Waals surface area (Å²) in [6.07, 6.45) is 1.93. The standard InChI is InChI=1S/C9H19N3O3S/c1-2-8(9(10)11)12-16(13,14)6-7-4-3-5-15-7/h7-8,12H,2-6H2,1H3,(H3,10,11). The van der Waals surface area contributed by atoms with Crippen LogP contribution in [0.25, 0.3) is 0 Å². The van der Waals surface area contributed by atoms with Gasteiger partial charge in [0.05, 0.1) is 17.9 Å². The van der Waals surface area contributed by atoms with Crippen molar-refractivity contribution < 1.29 is 13.2 Å². The van der Waals surface area contributed by atoms with Crippen molar-refractivity contribution in [2.75, 3.05) is 12.4 Å². The normalized spacial score (nSPS) is 23.2. The first-order valence-electron chi connectivity index (χ1n) is 5.40. The van der Waals surface area contributed by atoms with Crippen LogP contribution < -0.4 is 10.5 Å². The van der Waals surface area contributed by atoms with Gasteiger partial charge in [-0.1, -0.05) is 6.92 Å². The zero-order chi connectivity index (χ0) is 12.2. The fourth-order valence-electron chi connectivity index (χ4n) is 1.65. The first-order valence-corrected chi connectivity index (χ1v) is 7.05. The minimum atomic E-state index is -3.42. The maximum absolute atomic E-state index is 11.7. The fourth-order valence-corrected chi connectivity index (χ4v) is 3.23. The van der Waals surface area contributed by atoms with Crippen molar-refractivity contribution in [3.8, 4) is 0 Å². The molecule has 2 atom stereocenters. The Labute approximate surface area is 96.1 Å². The molecule has 16 heavy (non-hydrogen) atoms. The number of amidine groups is 1. The molecule has 1 saturated heterocycles. The molecule has 1 fully saturated rings. The maximum Gasteiger partial charge on any atom is 0.214 e. The zero-order valence-electron chi connectivity index (χ0n) is 9.40. The van der Waals surface area contributed by atoms with Crippen LogP contribution in [0.2, 0.25) is 0 Å². The number of nitrogens with two attached hydrogens (primary N) is 1.